The number of pyridine rings is 1. The molecule has 1 fully saturated rings. The van der Waals surface area contributed by atoms with E-state index in [0.29, 0.717) is 31.0 Å². The standard InChI is InChI=1S/C33H36N6O2.2ClH/c1-22-23(12-15-29(34)37-22)20-36-31(40)28-14-13-27-21-35-30(32(41)39(27)28)38-26-16-18-33(19-17-26,24-8-4-2-5-9-24)25-10-6-3-7-11-25;;/h2-12,15,21,26,28H,13-14,16-20H2,1H3,(H2,34,37)(H,35,38)(H,36,40);2*1H/t28-;;/m0../s1. The lowest BCUT2D eigenvalue weighted by atomic mass is 9.64. The number of aromatic nitrogens is 3. The molecule has 0 spiro atoms. The largest absolute Gasteiger partial charge is 0.384 e. The van der Waals surface area contributed by atoms with E-state index >= 15 is 0 Å². The summed E-state index contributed by atoms with van der Waals surface area (Å²) < 4.78 is 1.62. The number of amides is 1. The average molecular weight is 622 g/mol. The second-order valence-electron chi connectivity index (χ2n) is 11.3. The number of aryl methyl sites for hydroxylation is 2. The number of benzene rings is 2. The number of carbonyl (C=O) groups excluding carboxylic acids is 1. The normalized spacial score (nSPS) is 17.2. The summed E-state index contributed by atoms with van der Waals surface area (Å²) in [5.74, 6) is 0.599. The first-order valence-electron chi connectivity index (χ1n) is 14.4. The minimum atomic E-state index is -0.557. The highest BCUT2D eigenvalue weighted by molar-refractivity contribution is 5.85. The van der Waals surface area contributed by atoms with Gasteiger partial charge in [-0.3, -0.25) is 14.2 Å². The Morgan fingerprint density at radius 2 is 1.58 bits per heavy atom. The van der Waals surface area contributed by atoms with Crippen molar-refractivity contribution in [2.75, 3.05) is 11.1 Å². The number of fused-ring (bicyclic) bond motifs is 1. The molecule has 4 aromatic rings. The third-order valence-corrected chi connectivity index (χ3v) is 8.86. The third kappa shape index (κ3) is 6.40. The van der Waals surface area contributed by atoms with Gasteiger partial charge < -0.3 is 16.4 Å². The molecule has 4 N–H and O–H groups in total. The summed E-state index contributed by atoms with van der Waals surface area (Å²) in [5, 5.41) is 6.44. The molecule has 0 unspecified atom stereocenters. The topological polar surface area (TPSA) is 115 Å². The second-order valence-corrected chi connectivity index (χ2v) is 11.3. The SMILES string of the molecule is Cc1nc(N)ccc1CNC(=O)[C@@H]1CCc2cnc(NC3CCC(c4ccccc4)(c4ccccc4)CC3)c(=O)n21.Cl.Cl. The van der Waals surface area contributed by atoms with Gasteiger partial charge in [0, 0.05) is 35.6 Å². The predicted molar refractivity (Wildman–Crippen MR) is 175 cm³/mol. The van der Waals surface area contributed by atoms with E-state index in [-0.39, 0.29) is 47.7 Å². The molecule has 1 aliphatic carbocycles. The maximum atomic E-state index is 13.6. The van der Waals surface area contributed by atoms with Crippen molar-refractivity contribution in [1.82, 2.24) is 19.9 Å². The molecule has 226 valence electrons. The fourth-order valence-corrected chi connectivity index (χ4v) is 6.59. The van der Waals surface area contributed by atoms with E-state index < -0.39 is 6.04 Å². The molecular weight excluding hydrogens is 583 g/mol. The summed E-state index contributed by atoms with van der Waals surface area (Å²) in [4.78, 5) is 35.6. The zero-order valence-electron chi connectivity index (χ0n) is 24.2. The van der Waals surface area contributed by atoms with Crippen LogP contribution in [0.4, 0.5) is 11.6 Å². The number of nitrogens with two attached hydrogens (primary N) is 1. The Morgan fingerprint density at radius 3 is 2.19 bits per heavy atom. The molecule has 1 amide bonds. The first-order valence-corrected chi connectivity index (χ1v) is 14.4. The number of rotatable bonds is 7. The summed E-state index contributed by atoms with van der Waals surface area (Å²) >= 11 is 0. The number of nitrogens with one attached hydrogen (secondary N) is 2. The van der Waals surface area contributed by atoms with Crippen molar-refractivity contribution < 1.29 is 4.79 Å². The number of nitrogen functional groups attached to an aromatic ring is 1. The van der Waals surface area contributed by atoms with Crippen LogP contribution in [0.3, 0.4) is 0 Å². The van der Waals surface area contributed by atoms with Crippen LogP contribution in [0.25, 0.3) is 0 Å². The van der Waals surface area contributed by atoms with Crippen LogP contribution in [-0.2, 0) is 23.2 Å². The average Bonchev–Trinajstić information content (AvgIpc) is 3.45. The van der Waals surface area contributed by atoms with Gasteiger partial charge >= 0.3 is 0 Å². The highest BCUT2D eigenvalue weighted by Crippen LogP contribution is 2.45. The van der Waals surface area contributed by atoms with Gasteiger partial charge in [-0.15, -0.1) is 24.8 Å². The molecule has 2 aromatic heterocycles. The van der Waals surface area contributed by atoms with Crippen LogP contribution in [0.5, 0.6) is 0 Å². The van der Waals surface area contributed by atoms with Crippen LogP contribution in [0.1, 0.15) is 66.2 Å². The lowest BCUT2D eigenvalue weighted by Crippen LogP contribution is -2.40. The van der Waals surface area contributed by atoms with Crippen molar-refractivity contribution in [2.45, 2.75) is 69.5 Å². The molecule has 1 atom stereocenters. The van der Waals surface area contributed by atoms with Crippen LogP contribution < -0.4 is 21.9 Å². The number of nitrogens with zero attached hydrogens (tertiary/aromatic N) is 3. The number of carbonyl (C=O) groups is 1. The van der Waals surface area contributed by atoms with Gasteiger partial charge in [-0.05, 0) is 68.2 Å². The number of hydrogen-bond donors (Lipinski definition) is 3. The van der Waals surface area contributed by atoms with Crippen LogP contribution in [0.15, 0.2) is 83.8 Å². The second kappa shape index (κ2) is 13.6. The Kier molecular flexibility index (Phi) is 10.1. The van der Waals surface area contributed by atoms with Crippen molar-refractivity contribution >= 4 is 42.4 Å². The van der Waals surface area contributed by atoms with Crippen LogP contribution in [-0.4, -0.2) is 26.5 Å². The molecule has 6 rings (SSSR count). The fourth-order valence-electron chi connectivity index (χ4n) is 6.59. The third-order valence-electron chi connectivity index (χ3n) is 8.86. The van der Waals surface area contributed by atoms with Crippen molar-refractivity contribution in [3.8, 4) is 0 Å². The van der Waals surface area contributed by atoms with E-state index in [1.165, 1.54) is 11.1 Å². The Hall–Kier alpha value is -3.88. The van der Waals surface area contributed by atoms with Crippen molar-refractivity contribution in [3.05, 3.63) is 117 Å². The lowest BCUT2D eigenvalue weighted by Gasteiger charge is -2.41. The molecule has 0 radical (unpaired) electrons. The van der Waals surface area contributed by atoms with E-state index in [9.17, 15) is 9.59 Å². The predicted octanol–water partition coefficient (Wildman–Crippen LogP) is 5.52. The zero-order chi connectivity index (χ0) is 28.4. The molecule has 2 aliphatic rings. The van der Waals surface area contributed by atoms with E-state index in [4.69, 9.17) is 5.73 Å². The van der Waals surface area contributed by atoms with Gasteiger partial charge in [0.15, 0.2) is 5.82 Å². The summed E-state index contributed by atoms with van der Waals surface area (Å²) in [5.41, 5.74) is 10.6. The van der Waals surface area contributed by atoms with Crippen molar-refractivity contribution in [2.24, 2.45) is 0 Å². The van der Waals surface area contributed by atoms with Gasteiger partial charge in [-0.25, -0.2) is 9.97 Å². The van der Waals surface area contributed by atoms with E-state index in [2.05, 4.69) is 81.3 Å². The Bertz CT molecular complexity index is 1560. The van der Waals surface area contributed by atoms with Gasteiger partial charge in [0.1, 0.15) is 11.9 Å². The monoisotopic (exact) mass is 620 g/mol. The summed E-state index contributed by atoms with van der Waals surface area (Å²) in [6, 6.07) is 24.6. The van der Waals surface area contributed by atoms with Crippen LogP contribution in [0, 0.1) is 6.92 Å². The Labute approximate surface area is 264 Å². The van der Waals surface area contributed by atoms with Gasteiger partial charge in [0.2, 0.25) is 5.91 Å². The first kappa shape index (κ1) is 32.0. The number of hydrogen-bond acceptors (Lipinski definition) is 6. The molecular formula is C33H38Cl2N6O2. The van der Waals surface area contributed by atoms with Gasteiger partial charge in [0.25, 0.3) is 5.56 Å². The first-order chi connectivity index (χ1) is 19.9. The molecule has 0 bridgehead atoms. The van der Waals surface area contributed by atoms with Crippen molar-refractivity contribution in [3.63, 3.8) is 0 Å². The highest BCUT2D eigenvalue weighted by atomic mass is 35.5. The van der Waals surface area contributed by atoms with E-state index in [1.807, 2.05) is 13.0 Å². The minimum absolute atomic E-state index is 0. The van der Waals surface area contributed by atoms with E-state index in [1.54, 1.807) is 16.8 Å². The molecule has 3 heterocycles. The fraction of sp³-hybridized carbons (Fsp3) is 0.333. The van der Waals surface area contributed by atoms with E-state index in [0.717, 1.165) is 42.6 Å². The van der Waals surface area contributed by atoms with Crippen LogP contribution >= 0.6 is 24.8 Å². The lowest BCUT2D eigenvalue weighted by molar-refractivity contribution is -0.124. The Balaban J connectivity index is 0.00000212. The zero-order valence-corrected chi connectivity index (χ0v) is 25.8. The minimum Gasteiger partial charge on any atom is -0.384 e. The Morgan fingerprint density at radius 1 is 0.953 bits per heavy atom. The smallest absolute Gasteiger partial charge is 0.294 e. The van der Waals surface area contributed by atoms with Gasteiger partial charge in [-0.2, -0.15) is 0 Å². The number of halogens is 2. The molecule has 2 aromatic carbocycles. The molecule has 43 heavy (non-hydrogen) atoms. The highest BCUT2D eigenvalue weighted by Gasteiger charge is 2.39. The molecule has 1 aliphatic heterocycles. The molecule has 1 saturated carbocycles. The van der Waals surface area contributed by atoms with Gasteiger partial charge in [0.05, 0.1) is 0 Å². The van der Waals surface area contributed by atoms with Gasteiger partial charge in [-0.1, -0.05) is 66.7 Å². The maximum absolute atomic E-state index is 13.6. The number of anilines is 2. The summed E-state index contributed by atoms with van der Waals surface area (Å²) in [7, 11) is 0. The molecule has 0 saturated heterocycles. The maximum Gasteiger partial charge on any atom is 0.294 e. The molecule has 10 heteroatoms. The summed E-state index contributed by atoms with van der Waals surface area (Å²) in [6.45, 7) is 2.20. The summed E-state index contributed by atoms with van der Waals surface area (Å²) in [6.07, 6.45) is 6.71. The quantitative estimate of drug-likeness (QED) is 0.251. The molecule has 8 nitrogen and oxygen atoms in total. The van der Waals surface area contributed by atoms with Crippen molar-refractivity contribution in [1.29, 1.82) is 0 Å². The van der Waals surface area contributed by atoms with Crippen LogP contribution in [0.2, 0.25) is 0 Å².